The van der Waals surface area contributed by atoms with Crippen molar-refractivity contribution in [1.82, 2.24) is 4.98 Å². The number of para-hydroxylation sites is 1. The van der Waals surface area contributed by atoms with Crippen LogP contribution in [0, 0.1) is 0 Å². The molecule has 0 N–H and O–H groups in total. The zero-order valence-electron chi connectivity index (χ0n) is 15.4. The zero-order chi connectivity index (χ0) is 18.2. The van der Waals surface area contributed by atoms with Crippen molar-refractivity contribution in [2.45, 2.75) is 19.3 Å². The van der Waals surface area contributed by atoms with Gasteiger partial charge in [-0.1, -0.05) is 54.6 Å². The standard InChI is InChI=1S/C26H18N2/c1-2-8-20-16(5-1)14-22-21(20)11-10-19-13-17-6-3-7-18-15-23-24(9-4-12-27-23)28(25(17)18)26(19)22/h1-12H,13-15H2. The molecule has 0 atom stereocenters. The van der Waals surface area contributed by atoms with Gasteiger partial charge < -0.3 is 4.90 Å². The number of rotatable bonds is 0. The van der Waals surface area contributed by atoms with Crippen molar-refractivity contribution < 1.29 is 0 Å². The summed E-state index contributed by atoms with van der Waals surface area (Å²) < 4.78 is 0. The maximum Gasteiger partial charge on any atom is 0.0688 e. The molecule has 0 unspecified atom stereocenters. The number of hydrogen-bond acceptors (Lipinski definition) is 2. The molecule has 28 heavy (non-hydrogen) atoms. The molecule has 2 nitrogen and oxygen atoms in total. The molecule has 1 aliphatic carbocycles. The Kier molecular flexibility index (Phi) is 2.67. The van der Waals surface area contributed by atoms with E-state index in [-0.39, 0.29) is 0 Å². The van der Waals surface area contributed by atoms with Gasteiger partial charge in [0, 0.05) is 25.5 Å². The highest BCUT2D eigenvalue weighted by Gasteiger charge is 2.35. The monoisotopic (exact) mass is 358 g/mol. The third-order valence-electron chi connectivity index (χ3n) is 6.54. The number of benzene rings is 3. The smallest absolute Gasteiger partial charge is 0.0688 e. The minimum atomic E-state index is 0.917. The molecular formula is C26H18N2. The van der Waals surface area contributed by atoms with Crippen LogP contribution in [0.2, 0.25) is 0 Å². The van der Waals surface area contributed by atoms with E-state index in [1.807, 2.05) is 6.20 Å². The molecule has 0 saturated heterocycles. The molecule has 0 fully saturated rings. The van der Waals surface area contributed by atoms with E-state index in [4.69, 9.17) is 4.98 Å². The first-order valence-corrected chi connectivity index (χ1v) is 9.96. The van der Waals surface area contributed by atoms with Crippen molar-refractivity contribution in [3.05, 3.63) is 106 Å². The number of anilines is 3. The van der Waals surface area contributed by atoms with Gasteiger partial charge in [-0.3, -0.25) is 4.98 Å². The SMILES string of the molecule is c1ccc2c(c1)Cc1c-2ccc2c1N1c3cccnc3Cc3cccc(c31)C2. The molecule has 4 aromatic rings. The van der Waals surface area contributed by atoms with Gasteiger partial charge in [0.25, 0.3) is 0 Å². The molecule has 7 rings (SSSR count). The van der Waals surface area contributed by atoms with Gasteiger partial charge in [0.15, 0.2) is 0 Å². The van der Waals surface area contributed by atoms with Gasteiger partial charge in [-0.15, -0.1) is 0 Å². The lowest BCUT2D eigenvalue weighted by Gasteiger charge is -2.40. The van der Waals surface area contributed by atoms with E-state index in [0.29, 0.717) is 0 Å². The Bertz CT molecular complexity index is 1290. The lowest BCUT2D eigenvalue weighted by molar-refractivity contribution is 0.964. The van der Waals surface area contributed by atoms with Gasteiger partial charge >= 0.3 is 0 Å². The molecule has 132 valence electrons. The fourth-order valence-corrected chi connectivity index (χ4v) is 5.39. The molecule has 0 amide bonds. The second kappa shape index (κ2) is 5.11. The quantitative estimate of drug-likeness (QED) is 0.334. The van der Waals surface area contributed by atoms with Crippen LogP contribution in [0.3, 0.4) is 0 Å². The average molecular weight is 358 g/mol. The van der Waals surface area contributed by atoms with E-state index in [1.165, 1.54) is 61.7 Å². The van der Waals surface area contributed by atoms with Crippen LogP contribution in [0.1, 0.15) is 33.5 Å². The predicted molar refractivity (Wildman–Crippen MR) is 113 cm³/mol. The van der Waals surface area contributed by atoms with Crippen LogP contribution in [-0.2, 0) is 19.3 Å². The summed E-state index contributed by atoms with van der Waals surface area (Å²) in [7, 11) is 0. The molecular weight excluding hydrogens is 340 g/mol. The summed E-state index contributed by atoms with van der Waals surface area (Å²) in [5.74, 6) is 0. The lowest BCUT2D eigenvalue weighted by atomic mass is 9.85. The summed E-state index contributed by atoms with van der Waals surface area (Å²) >= 11 is 0. The van der Waals surface area contributed by atoms with Gasteiger partial charge in [0.05, 0.1) is 22.8 Å². The first kappa shape index (κ1) is 14.6. The van der Waals surface area contributed by atoms with Crippen molar-refractivity contribution in [3.63, 3.8) is 0 Å². The van der Waals surface area contributed by atoms with E-state index < -0.39 is 0 Å². The summed E-state index contributed by atoms with van der Waals surface area (Å²) in [6.07, 6.45) is 4.86. The van der Waals surface area contributed by atoms with Crippen molar-refractivity contribution >= 4 is 17.1 Å². The molecule has 3 aliphatic rings. The van der Waals surface area contributed by atoms with Crippen molar-refractivity contribution in [2.75, 3.05) is 4.90 Å². The van der Waals surface area contributed by atoms with Crippen molar-refractivity contribution in [2.24, 2.45) is 0 Å². The van der Waals surface area contributed by atoms with E-state index in [2.05, 4.69) is 71.6 Å². The van der Waals surface area contributed by atoms with E-state index in [9.17, 15) is 0 Å². The third kappa shape index (κ3) is 1.75. The number of hydrogen-bond donors (Lipinski definition) is 0. The highest BCUT2D eigenvalue weighted by Crippen LogP contribution is 2.54. The lowest BCUT2D eigenvalue weighted by Crippen LogP contribution is -2.26. The number of aromatic nitrogens is 1. The maximum atomic E-state index is 4.73. The Balaban J connectivity index is 1.56. The molecule has 1 aromatic heterocycles. The van der Waals surface area contributed by atoms with Crippen LogP contribution in [0.4, 0.5) is 17.1 Å². The van der Waals surface area contributed by atoms with Crippen molar-refractivity contribution in [1.29, 1.82) is 0 Å². The molecule has 0 saturated carbocycles. The van der Waals surface area contributed by atoms with Gasteiger partial charge in [0.2, 0.25) is 0 Å². The fourth-order valence-electron chi connectivity index (χ4n) is 5.39. The second-order valence-electron chi connectivity index (χ2n) is 8.02. The summed E-state index contributed by atoms with van der Waals surface area (Å²) in [5.41, 5.74) is 15.1. The predicted octanol–water partition coefficient (Wildman–Crippen LogP) is 5.93. The maximum absolute atomic E-state index is 4.73. The third-order valence-corrected chi connectivity index (χ3v) is 6.54. The van der Waals surface area contributed by atoms with Crippen molar-refractivity contribution in [3.8, 4) is 11.1 Å². The summed E-state index contributed by atoms with van der Waals surface area (Å²) in [6.45, 7) is 0. The molecule has 2 aliphatic heterocycles. The first-order valence-electron chi connectivity index (χ1n) is 9.96. The van der Waals surface area contributed by atoms with Crippen LogP contribution in [0.25, 0.3) is 11.1 Å². The Morgan fingerprint density at radius 2 is 1.43 bits per heavy atom. The van der Waals surface area contributed by atoms with Gasteiger partial charge in [-0.2, -0.15) is 0 Å². The Labute approximate surface area is 164 Å². The zero-order valence-corrected chi connectivity index (χ0v) is 15.4. The van der Waals surface area contributed by atoms with Gasteiger partial charge in [-0.25, -0.2) is 0 Å². The van der Waals surface area contributed by atoms with Crippen LogP contribution in [-0.4, -0.2) is 4.98 Å². The Hall–Kier alpha value is -3.39. The van der Waals surface area contributed by atoms with Crippen LogP contribution < -0.4 is 4.90 Å². The van der Waals surface area contributed by atoms with E-state index in [0.717, 1.165) is 19.3 Å². The van der Waals surface area contributed by atoms with Crippen LogP contribution >= 0.6 is 0 Å². The summed E-state index contributed by atoms with van der Waals surface area (Å²) in [6, 6.07) is 24.6. The molecule has 0 spiro atoms. The fraction of sp³-hybridized carbons (Fsp3) is 0.115. The Morgan fingerprint density at radius 3 is 2.39 bits per heavy atom. The topological polar surface area (TPSA) is 16.1 Å². The van der Waals surface area contributed by atoms with Gasteiger partial charge in [0.1, 0.15) is 0 Å². The summed E-state index contributed by atoms with van der Waals surface area (Å²) in [4.78, 5) is 7.25. The number of pyridine rings is 1. The minimum absolute atomic E-state index is 0.917. The van der Waals surface area contributed by atoms with Crippen LogP contribution in [0.15, 0.2) is 72.9 Å². The largest absolute Gasteiger partial charge is 0.307 e. The van der Waals surface area contributed by atoms with E-state index in [1.54, 1.807) is 0 Å². The molecule has 0 radical (unpaired) electrons. The van der Waals surface area contributed by atoms with Crippen LogP contribution in [0.5, 0.6) is 0 Å². The molecule has 2 heteroatoms. The normalized spacial score (nSPS) is 14.6. The second-order valence-corrected chi connectivity index (χ2v) is 8.02. The highest BCUT2D eigenvalue weighted by atomic mass is 15.2. The number of fused-ring (bicyclic) bond motifs is 8. The molecule has 3 heterocycles. The highest BCUT2D eigenvalue weighted by molar-refractivity contribution is 5.94. The van der Waals surface area contributed by atoms with Gasteiger partial charge in [-0.05, 0) is 51.1 Å². The molecule has 0 bridgehead atoms. The first-order chi connectivity index (χ1) is 13.9. The molecule has 3 aromatic carbocycles. The summed E-state index contributed by atoms with van der Waals surface area (Å²) in [5, 5.41) is 0. The Morgan fingerprint density at radius 1 is 0.607 bits per heavy atom. The van der Waals surface area contributed by atoms with E-state index >= 15 is 0 Å². The number of nitrogens with zero attached hydrogens (tertiary/aromatic N) is 2. The average Bonchev–Trinajstić information content (AvgIpc) is 3.12. The minimum Gasteiger partial charge on any atom is -0.307 e.